The minimum Gasteiger partial charge on any atom is -0.352 e. The first-order chi connectivity index (χ1) is 9.52. The number of carbonyl (C=O) groups is 1. The summed E-state index contributed by atoms with van der Waals surface area (Å²) in [6.45, 7) is 5.86. The van der Waals surface area contributed by atoms with Gasteiger partial charge in [0.05, 0.1) is 6.04 Å². The zero-order valence-electron chi connectivity index (χ0n) is 12.6. The van der Waals surface area contributed by atoms with Gasteiger partial charge in [0.1, 0.15) is 0 Å². The van der Waals surface area contributed by atoms with Crippen molar-refractivity contribution in [3.05, 3.63) is 12.7 Å². The molecular formula is C17H28N2O. The lowest BCUT2D eigenvalue weighted by atomic mass is 9.48. The molecule has 3 N–H and O–H groups in total. The highest BCUT2D eigenvalue weighted by Gasteiger charge is 2.53. The van der Waals surface area contributed by atoms with Gasteiger partial charge in [-0.2, -0.15) is 0 Å². The van der Waals surface area contributed by atoms with E-state index in [4.69, 9.17) is 5.73 Å². The molecule has 3 heteroatoms. The Bertz CT molecular complexity index is 369. The Morgan fingerprint density at radius 2 is 1.80 bits per heavy atom. The normalized spacial score (nSPS) is 41.2. The molecular weight excluding hydrogens is 248 g/mol. The van der Waals surface area contributed by atoms with Gasteiger partial charge in [0.15, 0.2) is 0 Å². The molecule has 0 aromatic rings. The fourth-order valence-corrected chi connectivity index (χ4v) is 5.47. The fraction of sp³-hybridized carbons (Fsp3) is 0.824. The lowest BCUT2D eigenvalue weighted by Crippen LogP contribution is -2.57. The summed E-state index contributed by atoms with van der Waals surface area (Å²) >= 11 is 0. The number of amides is 1. The van der Waals surface area contributed by atoms with Crippen LogP contribution in [0, 0.1) is 23.2 Å². The largest absolute Gasteiger partial charge is 0.352 e. The van der Waals surface area contributed by atoms with Gasteiger partial charge < -0.3 is 11.1 Å². The van der Waals surface area contributed by atoms with Gasteiger partial charge in [-0.15, -0.1) is 6.58 Å². The van der Waals surface area contributed by atoms with E-state index in [1.54, 1.807) is 6.08 Å². The number of hydrogen-bond acceptors (Lipinski definition) is 2. The van der Waals surface area contributed by atoms with Crippen molar-refractivity contribution in [2.45, 2.75) is 64.0 Å². The summed E-state index contributed by atoms with van der Waals surface area (Å²) < 4.78 is 0. The lowest BCUT2D eigenvalue weighted by molar-refractivity contribution is -0.127. The molecule has 4 fully saturated rings. The molecule has 4 aliphatic carbocycles. The molecule has 0 aliphatic heterocycles. The predicted octanol–water partition coefficient (Wildman–Crippen LogP) is 2.61. The number of rotatable bonds is 5. The van der Waals surface area contributed by atoms with Gasteiger partial charge in [-0.25, -0.2) is 0 Å². The van der Waals surface area contributed by atoms with Crippen molar-refractivity contribution in [3.8, 4) is 0 Å². The fourth-order valence-electron chi connectivity index (χ4n) is 5.47. The Balaban J connectivity index is 1.66. The third-order valence-corrected chi connectivity index (χ3v) is 6.12. The molecule has 4 aliphatic rings. The van der Waals surface area contributed by atoms with Gasteiger partial charge in [-0.05, 0) is 75.0 Å². The molecule has 0 heterocycles. The van der Waals surface area contributed by atoms with Gasteiger partial charge in [-0.3, -0.25) is 4.79 Å². The molecule has 4 rings (SSSR count). The third kappa shape index (κ3) is 2.41. The van der Waals surface area contributed by atoms with Gasteiger partial charge in [-0.1, -0.05) is 6.08 Å². The van der Waals surface area contributed by atoms with E-state index in [-0.39, 0.29) is 11.9 Å². The Morgan fingerprint density at radius 1 is 1.30 bits per heavy atom. The zero-order chi connectivity index (χ0) is 14.3. The first-order valence-electron chi connectivity index (χ1n) is 8.19. The van der Waals surface area contributed by atoms with Crippen LogP contribution >= 0.6 is 0 Å². The van der Waals surface area contributed by atoms with Crippen LogP contribution in [0.25, 0.3) is 0 Å². The Hall–Kier alpha value is -0.830. The van der Waals surface area contributed by atoms with Crippen molar-refractivity contribution in [2.75, 3.05) is 0 Å². The highest BCUT2D eigenvalue weighted by atomic mass is 16.2. The van der Waals surface area contributed by atoms with Crippen LogP contribution in [0.5, 0.6) is 0 Å². The molecule has 0 aromatic heterocycles. The van der Waals surface area contributed by atoms with Crippen LogP contribution in [0.3, 0.4) is 0 Å². The molecule has 0 saturated heterocycles. The number of carbonyl (C=O) groups excluding carboxylic acids is 1. The number of nitrogens with two attached hydrogens (primary N) is 1. The zero-order valence-corrected chi connectivity index (χ0v) is 12.6. The number of nitrogens with one attached hydrogen (secondary N) is 1. The summed E-state index contributed by atoms with van der Waals surface area (Å²) in [6, 6.07) is -0.178. The molecule has 3 nitrogen and oxygen atoms in total. The van der Waals surface area contributed by atoms with Crippen LogP contribution in [0.1, 0.15) is 51.9 Å². The van der Waals surface area contributed by atoms with E-state index < -0.39 is 6.04 Å². The average Bonchev–Trinajstić information content (AvgIpc) is 2.37. The van der Waals surface area contributed by atoms with Crippen molar-refractivity contribution in [3.63, 3.8) is 0 Å². The topological polar surface area (TPSA) is 55.1 Å². The van der Waals surface area contributed by atoms with Crippen LogP contribution in [-0.2, 0) is 4.79 Å². The Morgan fingerprint density at radius 3 is 2.25 bits per heavy atom. The summed E-state index contributed by atoms with van der Waals surface area (Å²) in [7, 11) is 0. The highest BCUT2D eigenvalue weighted by molar-refractivity contribution is 5.82. The predicted molar refractivity (Wildman–Crippen MR) is 81.0 cm³/mol. The van der Waals surface area contributed by atoms with Crippen LogP contribution in [0.4, 0.5) is 0 Å². The average molecular weight is 276 g/mol. The van der Waals surface area contributed by atoms with Crippen molar-refractivity contribution in [1.82, 2.24) is 5.32 Å². The smallest absolute Gasteiger partial charge is 0.237 e. The summed E-state index contributed by atoms with van der Waals surface area (Å²) in [5.74, 6) is 2.75. The standard InChI is InChI=1S/C17H28N2O/c1-3-4-15(18)16(20)19-11(2)17-8-12-5-13(9-17)7-14(6-12)10-17/h3,11-15H,1,4-10,18H2,2H3,(H,19,20). The molecule has 112 valence electrons. The first-order valence-corrected chi connectivity index (χ1v) is 8.19. The van der Waals surface area contributed by atoms with E-state index in [1.165, 1.54) is 38.5 Å². The molecule has 0 radical (unpaired) electrons. The summed E-state index contributed by atoms with van der Waals surface area (Å²) in [5, 5.41) is 3.21. The summed E-state index contributed by atoms with van der Waals surface area (Å²) in [6.07, 6.45) is 10.5. The third-order valence-electron chi connectivity index (χ3n) is 6.12. The molecule has 2 atom stereocenters. The first kappa shape index (κ1) is 14.1. The molecule has 4 bridgehead atoms. The van der Waals surface area contributed by atoms with E-state index in [1.807, 2.05) is 0 Å². The van der Waals surface area contributed by atoms with Gasteiger partial charge in [0.2, 0.25) is 5.91 Å². The Kier molecular flexibility index (Phi) is 3.65. The van der Waals surface area contributed by atoms with E-state index in [2.05, 4.69) is 18.8 Å². The highest BCUT2D eigenvalue weighted by Crippen LogP contribution is 2.61. The van der Waals surface area contributed by atoms with E-state index in [0.29, 0.717) is 11.8 Å². The monoisotopic (exact) mass is 276 g/mol. The maximum absolute atomic E-state index is 12.2. The molecule has 0 aromatic carbocycles. The maximum atomic E-state index is 12.2. The Labute approximate surface area is 122 Å². The molecule has 1 amide bonds. The molecule has 0 spiro atoms. The minimum atomic E-state index is -0.441. The minimum absolute atomic E-state index is 0.00635. The lowest BCUT2D eigenvalue weighted by Gasteiger charge is -2.59. The van der Waals surface area contributed by atoms with Crippen LogP contribution in [0.2, 0.25) is 0 Å². The van der Waals surface area contributed by atoms with E-state index in [0.717, 1.165) is 17.8 Å². The molecule has 2 unspecified atom stereocenters. The summed E-state index contributed by atoms with van der Waals surface area (Å²) in [5.41, 5.74) is 6.24. The molecule has 20 heavy (non-hydrogen) atoms. The number of hydrogen-bond donors (Lipinski definition) is 2. The van der Waals surface area contributed by atoms with Crippen molar-refractivity contribution in [1.29, 1.82) is 0 Å². The second-order valence-electron chi connectivity index (χ2n) is 7.64. The molecule has 4 saturated carbocycles. The van der Waals surface area contributed by atoms with Crippen molar-refractivity contribution < 1.29 is 4.79 Å². The second-order valence-corrected chi connectivity index (χ2v) is 7.64. The van der Waals surface area contributed by atoms with Gasteiger partial charge >= 0.3 is 0 Å². The van der Waals surface area contributed by atoms with Crippen molar-refractivity contribution >= 4 is 5.91 Å². The van der Waals surface area contributed by atoms with E-state index in [9.17, 15) is 4.79 Å². The van der Waals surface area contributed by atoms with Gasteiger partial charge in [0.25, 0.3) is 0 Å². The van der Waals surface area contributed by atoms with E-state index >= 15 is 0 Å². The maximum Gasteiger partial charge on any atom is 0.237 e. The summed E-state index contributed by atoms with van der Waals surface area (Å²) in [4.78, 5) is 12.2. The van der Waals surface area contributed by atoms with Crippen LogP contribution in [-0.4, -0.2) is 18.0 Å². The van der Waals surface area contributed by atoms with Crippen LogP contribution < -0.4 is 11.1 Å². The quantitative estimate of drug-likeness (QED) is 0.758. The van der Waals surface area contributed by atoms with Gasteiger partial charge in [0, 0.05) is 6.04 Å². The SMILES string of the molecule is C=CCC(N)C(=O)NC(C)C12CC3CC(CC(C3)C1)C2. The second kappa shape index (κ2) is 5.18. The van der Waals surface area contributed by atoms with Crippen molar-refractivity contribution in [2.24, 2.45) is 28.9 Å². The van der Waals surface area contributed by atoms with Crippen LogP contribution in [0.15, 0.2) is 12.7 Å².